The summed E-state index contributed by atoms with van der Waals surface area (Å²) in [5.74, 6) is -1.66. The number of hydrogen-bond donors (Lipinski definition) is 2. The van der Waals surface area contributed by atoms with E-state index >= 15 is 0 Å². The largest absolute Gasteiger partial charge is 0.409 e. The molecule has 2 fully saturated rings. The molecule has 1 aromatic rings. The Labute approximate surface area is 121 Å². The Kier molecular flexibility index (Phi) is 3.67. The molecule has 7 heteroatoms. The molecule has 0 radical (unpaired) electrons. The molecule has 0 aliphatic carbocycles. The van der Waals surface area contributed by atoms with Gasteiger partial charge in [-0.15, -0.1) is 0 Å². The van der Waals surface area contributed by atoms with Crippen molar-refractivity contribution in [2.75, 3.05) is 31.1 Å². The normalized spacial score (nSPS) is 23.4. The maximum atomic E-state index is 14.2. The molecule has 114 valence electrons. The molecular weight excluding hydrogens is 278 g/mol. The molecule has 5 nitrogen and oxygen atoms in total. The number of hydrogen-bond acceptors (Lipinski definition) is 4. The van der Waals surface area contributed by atoms with Crippen LogP contribution < -0.4 is 10.6 Å². The summed E-state index contributed by atoms with van der Waals surface area (Å²) in [5, 5.41) is 11.4. The van der Waals surface area contributed by atoms with E-state index in [-0.39, 0.29) is 17.1 Å². The van der Waals surface area contributed by atoms with E-state index < -0.39 is 11.6 Å². The topological polar surface area (TPSA) is 65.1 Å². The van der Waals surface area contributed by atoms with Gasteiger partial charge in [-0.2, -0.15) is 0 Å². The Morgan fingerprint density at radius 3 is 2.62 bits per heavy atom. The van der Waals surface area contributed by atoms with Crippen molar-refractivity contribution in [1.29, 1.82) is 0 Å². The molecular formula is C14H18F2N4O. The predicted octanol–water partition coefficient (Wildman–Crippen LogP) is 1.34. The highest BCUT2D eigenvalue weighted by Gasteiger charge is 2.32. The molecule has 0 bridgehead atoms. The molecule has 2 heterocycles. The van der Waals surface area contributed by atoms with Crippen LogP contribution in [0.25, 0.3) is 0 Å². The van der Waals surface area contributed by atoms with Gasteiger partial charge in [0.2, 0.25) is 0 Å². The second-order valence-corrected chi connectivity index (χ2v) is 5.55. The van der Waals surface area contributed by atoms with Crippen molar-refractivity contribution in [2.45, 2.75) is 18.9 Å². The number of anilines is 1. The number of fused-ring (bicyclic) bond motifs is 1. The summed E-state index contributed by atoms with van der Waals surface area (Å²) in [7, 11) is 0. The fourth-order valence-corrected chi connectivity index (χ4v) is 3.27. The minimum atomic E-state index is -0.678. The average molecular weight is 296 g/mol. The zero-order valence-electron chi connectivity index (χ0n) is 11.6. The van der Waals surface area contributed by atoms with Crippen LogP contribution in [0, 0.1) is 11.6 Å². The molecule has 0 aromatic heterocycles. The lowest BCUT2D eigenvalue weighted by Gasteiger charge is -2.39. The maximum absolute atomic E-state index is 14.2. The van der Waals surface area contributed by atoms with E-state index in [1.165, 1.54) is 0 Å². The molecule has 2 aliphatic heterocycles. The molecule has 1 unspecified atom stereocenters. The smallest absolute Gasteiger partial charge is 0.170 e. The minimum absolute atomic E-state index is 0.0176. The van der Waals surface area contributed by atoms with Gasteiger partial charge in [0.15, 0.2) is 5.84 Å². The van der Waals surface area contributed by atoms with E-state index in [4.69, 9.17) is 10.9 Å². The highest BCUT2D eigenvalue weighted by molar-refractivity contribution is 5.97. The first kappa shape index (κ1) is 14.1. The Morgan fingerprint density at radius 1 is 1.24 bits per heavy atom. The highest BCUT2D eigenvalue weighted by atomic mass is 19.1. The van der Waals surface area contributed by atoms with Crippen LogP contribution in [0.15, 0.2) is 17.3 Å². The summed E-state index contributed by atoms with van der Waals surface area (Å²) in [4.78, 5) is 4.13. The van der Waals surface area contributed by atoms with Crippen molar-refractivity contribution in [2.24, 2.45) is 10.9 Å². The van der Waals surface area contributed by atoms with Gasteiger partial charge in [-0.1, -0.05) is 5.16 Å². The van der Waals surface area contributed by atoms with Gasteiger partial charge in [-0.05, 0) is 31.5 Å². The molecule has 3 N–H and O–H groups in total. The number of nitrogens with two attached hydrogens (primary N) is 1. The van der Waals surface area contributed by atoms with Crippen molar-refractivity contribution in [1.82, 2.24) is 4.90 Å². The van der Waals surface area contributed by atoms with Crippen LogP contribution in [0.1, 0.15) is 18.4 Å². The third-order valence-electron chi connectivity index (χ3n) is 4.32. The van der Waals surface area contributed by atoms with Crippen molar-refractivity contribution >= 4 is 11.5 Å². The van der Waals surface area contributed by atoms with Crippen LogP contribution in [-0.4, -0.2) is 48.2 Å². The Balaban J connectivity index is 1.88. The highest BCUT2D eigenvalue weighted by Crippen LogP contribution is 2.30. The molecule has 1 atom stereocenters. The van der Waals surface area contributed by atoms with E-state index in [0.29, 0.717) is 19.1 Å². The van der Waals surface area contributed by atoms with Gasteiger partial charge in [-0.25, -0.2) is 8.78 Å². The first-order valence-corrected chi connectivity index (χ1v) is 7.06. The fraction of sp³-hybridized carbons (Fsp3) is 0.500. The number of nitrogens with zero attached hydrogens (tertiary/aromatic N) is 3. The van der Waals surface area contributed by atoms with Crippen molar-refractivity contribution in [3.8, 4) is 0 Å². The summed E-state index contributed by atoms with van der Waals surface area (Å²) in [6, 6.07) is 2.59. The van der Waals surface area contributed by atoms with Gasteiger partial charge in [0, 0.05) is 31.2 Å². The van der Waals surface area contributed by atoms with Gasteiger partial charge in [-0.3, -0.25) is 4.90 Å². The van der Waals surface area contributed by atoms with E-state index in [2.05, 4.69) is 10.1 Å². The molecule has 3 rings (SSSR count). The fourth-order valence-electron chi connectivity index (χ4n) is 3.27. The van der Waals surface area contributed by atoms with Gasteiger partial charge in [0.1, 0.15) is 17.3 Å². The number of piperazine rings is 1. The van der Waals surface area contributed by atoms with E-state index in [9.17, 15) is 8.78 Å². The van der Waals surface area contributed by atoms with Crippen molar-refractivity contribution < 1.29 is 14.0 Å². The summed E-state index contributed by atoms with van der Waals surface area (Å²) < 4.78 is 28.5. The standard InChI is InChI=1S/C14H18F2N4O/c15-11-6-9(14(17)18-21)7-12(16)13(11)20-5-4-19-3-1-2-10(19)8-20/h6-7,10,21H,1-5,8H2,(H2,17,18). The third kappa shape index (κ3) is 2.53. The van der Waals surface area contributed by atoms with Crippen molar-refractivity contribution in [3.63, 3.8) is 0 Å². The Morgan fingerprint density at radius 2 is 1.95 bits per heavy atom. The van der Waals surface area contributed by atoms with Gasteiger partial charge >= 0.3 is 0 Å². The van der Waals surface area contributed by atoms with Gasteiger partial charge in [0.05, 0.1) is 0 Å². The van der Waals surface area contributed by atoms with E-state index in [1.54, 1.807) is 4.90 Å². The monoisotopic (exact) mass is 296 g/mol. The van der Waals surface area contributed by atoms with Gasteiger partial charge in [0.25, 0.3) is 0 Å². The van der Waals surface area contributed by atoms with E-state index in [1.807, 2.05) is 0 Å². The van der Waals surface area contributed by atoms with Gasteiger partial charge < -0.3 is 15.8 Å². The van der Waals surface area contributed by atoms with Crippen LogP contribution in [0.3, 0.4) is 0 Å². The summed E-state index contributed by atoms with van der Waals surface area (Å²) >= 11 is 0. The zero-order valence-corrected chi connectivity index (χ0v) is 11.6. The predicted molar refractivity (Wildman–Crippen MR) is 75.7 cm³/mol. The van der Waals surface area contributed by atoms with Crippen LogP contribution in [0.4, 0.5) is 14.5 Å². The number of halogens is 2. The maximum Gasteiger partial charge on any atom is 0.170 e. The van der Waals surface area contributed by atoms with Crippen LogP contribution in [-0.2, 0) is 0 Å². The first-order valence-electron chi connectivity index (χ1n) is 7.06. The third-order valence-corrected chi connectivity index (χ3v) is 4.32. The molecule has 0 saturated carbocycles. The molecule has 2 saturated heterocycles. The number of oxime groups is 1. The number of rotatable bonds is 2. The molecule has 0 amide bonds. The molecule has 1 aromatic carbocycles. The lowest BCUT2D eigenvalue weighted by atomic mass is 10.1. The first-order chi connectivity index (χ1) is 10.1. The lowest BCUT2D eigenvalue weighted by Crippen LogP contribution is -2.50. The zero-order chi connectivity index (χ0) is 15.0. The molecule has 0 spiro atoms. The number of amidine groups is 1. The summed E-state index contributed by atoms with van der Waals surface area (Å²) in [6.45, 7) is 3.14. The Hall–Kier alpha value is -1.89. The second kappa shape index (κ2) is 5.48. The molecule has 2 aliphatic rings. The average Bonchev–Trinajstić information content (AvgIpc) is 2.93. The second-order valence-electron chi connectivity index (χ2n) is 5.55. The van der Waals surface area contributed by atoms with E-state index in [0.717, 1.165) is 38.1 Å². The van der Waals surface area contributed by atoms with Crippen molar-refractivity contribution in [3.05, 3.63) is 29.3 Å². The lowest BCUT2D eigenvalue weighted by molar-refractivity contribution is 0.229. The molecule has 21 heavy (non-hydrogen) atoms. The number of benzene rings is 1. The SMILES string of the molecule is N/C(=N/O)c1cc(F)c(N2CCN3CCCC3C2)c(F)c1. The van der Waals surface area contributed by atoms with Crippen LogP contribution in [0.2, 0.25) is 0 Å². The van der Waals surface area contributed by atoms with Crippen LogP contribution >= 0.6 is 0 Å². The minimum Gasteiger partial charge on any atom is -0.409 e. The summed E-state index contributed by atoms with van der Waals surface area (Å²) in [5.41, 5.74) is 5.40. The Bertz CT molecular complexity index is 555. The quantitative estimate of drug-likeness (QED) is 0.374. The van der Waals surface area contributed by atoms with Crippen LogP contribution in [0.5, 0.6) is 0 Å². The summed E-state index contributed by atoms with van der Waals surface area (Å²) in [6.07, 6.45) is 2.22.